The first-order valence-corrected chi connectivity index (χ1v) is 13.2. The molecule has 1 saturated heterocycles. The zero-order chi connectivity index (χ0) is 25.9. The van der Waals surface area contributed by atoms with Gasteiger partial charge in [-0.15, -0.1) is 0 Å². The number of aliphatic hydroxyl groups is 1. The van der Waals surface area contributed by atoms with Gasteiger partial charge < -0.3 is 30.1 Å². The van der Waals surface area contributed by atoms with Crippen molar-refractivity contribution >= 4 is 11.8 Å². The Bertz CT molecular complexity index is 1040. The van der Waals surface area contributed by atoms with Crippen LogP contribution >= 0.6 is 0 Å². The van der Waals surface area contributed by atoms with Gasteiger partial charge in [0.2, 0.25) is 5.91 Å². The Labute approximate surface area is 218 Å². The molecule has 0 saturated carbocycles. The highest BCUT2D eigenvalue weighted by atomic mass is 16.6. The maximum absolute atomic E-state index is 12.8. The van der Waals surface area contributed by atoms with Crippen molar-refractivity contribution in [1.82, 2.24) is 15.5 Å². The molecule has 198 valence electrons. The molecule has 2 heterocycles. The lowest BCUT2D eigenvalue weighted by molar-refractivity contribution is -0.123. The van der Waals surface area contributed by atoms with Crippen LogP contribution in [0, 0.1) is 0 Å². The maximum Gasteiger partial charge on any atom is 0.251 e. The van der Waals surface area contributed by atoms with Crippen molar-refractivity contribution in [1.29, 1.82) is 0 Å². The number of amides is 2. The standard InChI is InChI=1S/C29H37N3O5/c33-27(15-7-8-16-30-29(35)23-13-5-2-6-14-23)31-24(19-32-17-9-10-18-32)28(34)26-21-36-20-25(37-26)22-11-3-1-4-12-22/h1-3,5-6,11,13-14,20-21,24,28,34H,4,7-10,12,15-19H2,(H,30,35)(H,31,33)/t24-,28-/m1/s1. The molecule has 3 aliphatic rings. The molecule has 0 radical (unpaired) electrons. The van der Waals surface area contributed by atoms with Crippen LogP contribution in [0.4, 0.5) is 0 Å². The quantitative estimate of drug-likeness (QED) is 0.374. The molecule has 0 unspecified atom stereocenters. The molecule has 3 N–H and O–H groups in total. The Kier molecular flexibility index (Phi) is 9.97. The molecule has 4 rings (SSSR count). The fourth-order valence-corrected chi connectivity index (χ4v) is 4.67. The van der Waals surface area contributed by atoms with E-state index in [1.165, 1.54) is 6.26 Å². The van der Waals surface area contributed by atoms with Gasteiger partial charge in [0.1, 0.15) is 18.6 Å². The summed E-state index contributed by atoms with van der Waals surface area (Å²) in [5.74, 6) is 0.631. The summed E-state index contributed by atoms with van der Waals surface area (Å²) in [5.41, 5.74) is 1.64. The van der Waals surface area contributed by atoms with E-state index in [0.29, 0.717) is 49.4 Å². The highest BCUT2D eigenvalue weighted by Crippen LogP contribution is 2.28. The van der Waals surface area contributed by atoms with Gasteiger partial charge in [-0.25, -0.2) is 0 Å². The molecule has 2 atom stereocenters. The smallest absolute Gasteiger partial charge is 0.251 e. The van der Waals surface area contributed by atoms with Crippen molar-refractivity contribution in [3.8, 4) is 0 Å². The molecule has 1 aromatic carbocycles. The van der Waals surface area contributed by atoms with Gasteiger partial charge in [-0.3, -0.25) is 9.59 Å². The molecule has 2 amide bonds. The number of allylic oxidation sites excluding steroid dienone is 4. The van der Waals surface area contributed by atoms with E-state index < -0.39 is 12.1 Å². The minimum absolute atomic E-state index is 0.116. The number of carbonyl (C=O) groups is 2. The molecular formula is C29H37N3O5. The average Bonchev–Trinajstić information content (AvgIpc) is 3.46. The summed E-state index contributed by atoms with van der Waals surface area (Å²) < 4.78 is 11.5. The summed E-state index contributed by atoms with van der Waals surface area (Å²) in [7, 11) is 0. The van der Waals surface area contributed by atoms with E-state index in [-0.39, 0.29) is 11.8 Å². The SMILES string of the molecule is O=C(CCCCNC(=O)c1ccccc1)N[C@H](CN1CCCC1)[C@@H](O)C1=COC=C(C2=CC=CCC2)O1. The van der Waals surface area contributed by atoms with Crippen LogP contribution in [0.25, 0.3) is 0 Å². The predicted molar refractivity (Wildman–Crippen MR) is 141 cm³/mol. The van der Waals surface area contributed by atoms with Crippen LogP contribution in [0.15, 0.2) is 78.2 Å². The van der Waals surface area contributed by atoms with Crippen molar-refractivity contribution in [2.75, 3.05) is 26.2 Å². The molecule has 1 aliphatic carbocycles. The maximum atomic E-state index is 12.8. The number of aliphatic hydroxyl groups excluding tert-OH is 1. The molecule has 1 fully saturated rings. The van der Waals surface area contributed by atoms with Gasteiger partial charge in [-0.2, -0.15) is 0 Å². The number of benzene rings is 1. The zero-order valence-corrected chi connectivity index (χ0v) is 21.2. The lowest BCUT2D eigenvalue weighted by Crippen LogP contribution is -2.51. The number of carbonyl (C=O) groups excluding carboxylic acids is 2. The van der Waals surface area contributed by atoms with E-state index in [4.69, 9.17) is 9.47 Å². The first kappa shape index (κ1) is 26.7. The fourth-order valence-electron chi connectivity index (χ4n) is 4.67. The van der Waals surface area contributed by atoms with Crippen molar-refractivity contribution in [2.24, 2.45) is 0 Å². The van der Waals surface area contributed by atoms with Gasteiger partial charge in [0, 0.05) is 25.1 Å². The zero-order valence-electron chi connectivity index (χ0n) is 21.2. The molecule has 1 aromatic rings. The molecule has 2 aliphatic heterocycles. The second kappa shape index (κ2) is 13.8. The second-order valence-electron chi connectivity index (χ2n) is 9.60. The highest BCUT2D eigenvalue weighted by Gasteiger charge is 2.31. The van der Waals surface area contributed by atoms with Gasteiger partial charge in [0.15, 0.2) is 11.5 Å². The summed E-state index contributed by atoms with van der Waals surface area (Å²) in [6.45, 7) is 2.92. The molecule has 0 spiro atoms. The summed E-state index contributed by atoms with van der Waals surface area (Å²) in [4.78, 5) is 27.2. The van der Waals surface area contributed by atoms with Gasteiger partial charge in [0.05, 0.1) is 6.04 Å². The lowest BCUT2D eigenvalue weighted by Gasteiger charge is -2.30. The van der Waals surface area contributed by atoms with Gasteiger partial charge >= 0.3 is 0 Å². The largest absolute Gasteiger partial charge is 0.465 e. The number of likely N-dealkylation sites (tertiary alicyclic amines) is 1. The number of nitrogens with zero attached hydrogens (tertiary/aromatic N) is 1. The van der Waals surface area contributed by atoms with Gasteiger partial charge in [0.25, 0.3) is 5.91 Å². The van der Waals surface area contributed by atoms with Crippen LogP contribution in [-0.2, 0) is 14.3 Å². The average molecular weight is 508 g/mol. The Morgan fingerprint density at radius 2 is 1.89 bits per heavy atom. The number of ether oxygens (including phenoxy) is 2. The van der Waals surface area contributed by atoms with Crippen LogP contribution < -0.4 is 10.6 Å². The first-order valence-electron chi connectivity index (χ1n) is 13.2. The van der Waals surface area contributed by atoms with Crippen molar-refractivity contribution in [2.45, 2.75) is 57.1 Å². The topological polar surface area (TPSA) is 100 Å². The highest BCUT2D eigenvalue weighted by molar-refractivity contribution is 5.94. The normalized spacial score (nSPS) is 19.0. The first-order chi connectivity index (χ1) is 18.1. The number of hydrogen-bond acceptors (Lipinski definition) is 6. The van der Waals surface area contributed by atoms with Crippen LogP contribution in [0.1, 0.15) is 55.3 Å². The third-order valence-electron chi connectivity index (χ3n) is 6.74. The summed E-state index contributed by atoms with van der Waals surface area (Å²) in [6.07, 6.45) is 13.6. The fraction of sp³-hybridized carbons (Fsp3) is 0.448. The Morgan fingerprint density at radius 1 is 1.08 bits per heavy atom. The van der Waals surface area contributed by atoms with E-state index in [2.05, 4.69) is 21.6 Å². The van der Waals surface area contributed by atoms with Crippen molar-refractivity contribution in [3.05, 3.63) is 83.7 Å². The Hall–Kier alpha value is -3.36. The molecule has 37 heavy (non-hydrogen) atoms. The Balaban J connectivity index is 1.26. The third kappa shape index (κ3) is 8.06. The monoisotopic (exact) mass is 507 g/mol. The minimum Gasteiger partial charge on any atom is -0.465 e. The molecule has 8 nitrogen and oxygen atoms in total. The van der Waals surface area contributed by atoms with Crippen LogP contribution in [0.3, 0.4) is 0 Å². The van der Waals surface area contributed by atoms with Crippen molar-refractivity contribution in [3.63, 3.8) is 0 Å². The van der Waals surface area contributed by atoms with E-state index in [1.54, 1.807) is 18.4 Å². The summed E-state index contributed by atoms with van der Waals surface area (Å²) in [5, 5.41) is 17.1. The predicted octanol–water partition coefficient (Wildman–Crippen LogP) is 3.53. The second-order valence-corrected chi connectivity index (χ2v) is 9.60. The molecule has 0 aromatic heterocycles. The van der Waals surface area contributed by atoms with Crippen LogP contribution in [-0.4, -0.2) is 60.1 Å². The number of rotatable bonds is 12. The number of hydrogen-bond donors (Lipinski definition) is 3. The van der Waals surface area contributed by atoms with Crippen molar-refractivity contribution < 1.29 is 24.2 Å². The summed E-state index contributed by atoms with van der Waals surface area (Å²) in [6, 6.07) is 8.54. The third-order valence-corrected chi connectivity index (χ3v) is 6.74. The summed E-state index contributed by atoms with van der Waals surface area (Å²) >= 11 is 0. The lowest BCUT2D eigenvalue weighted by atomic mass is 10.0. The number of nitrogens with one attached hydrogen (secondary N) is 2. The van der Waals surface area contributed by atoms with Crippen LogP contribution in [0.5, 0.6) is 0 Å². The minimum atomic E-state index is -1.04. The molecular weight excluding hydrogens is 470 g/mol. The Morgan fingerprint density at radius 3 is 2.65 bits per heavy atom. The van der Waals surface area contributed by atoms with Gasteiger partial charge in [-0.05, 0) is 69.3 Å². The van der Waals surface area contributed by atoms with Crippen LogP contribution in [0.2, 0.25) is 0 Å². The van der Waals surface area contributed by atoms with E-state index >= 15 is 0 Å². The van der Waals surface area contributed by atoms with E-state index in [1.807, 2.05) is 30.4 Å². The molecule has 0 bridgehead atoms. The number of unbranched alkanes of at least 4 members (excludes halogenated alkanes) is 1. The van der Waals surface area contributed by atoms with Gasteiger partial charge in [-0.1, -0.05) is 36.4 Å². The van der Waals surface area contributed by atoms with E-state index in [9.17, 15) is 14.7 Å². The molecule has 8 heteroatoms. The van der Waals surface area contributed by atoms with E-state index in [0.717, 1.165) is 44.3 Å².